The van der Waals surface area contributed by atoms with Gasteiger partial charge < -0.3 is 30.4 Å². The van der Waals surface area contributed by atoms with Crippen LogP contribution < -0.4 is 5.73 Å². The van der Waals surface area contributed by atoms with Gasteiger partial charge in [0, 0.05) is 0 Å². The van der Waals surface area contributed by atoms with E-state index < -0.39 is 24.4 Å². The van der Waals surface area contributed by atoms with Crippen molar-refractivity contribution in [2.24, 2.45) is 0 Å². The van der Waals surface area contributed by atoms with Gasteiger partial charge in [-0.15, -0.1) is 0 Å². The highest BCUT2D eigenvalue weighted by atomic mass is 16.5. The van der Waals surface area contributed by atoms with Gasteiger partial charge in [-0.2, -0.15) is 0 Å². The zero-order chi connectivity index (χ0) is 14.3. The highest BCUT2D eigenvalue weighted by Crippen LogP contribution is 2.27. The lowest BCUT2D eigenvalue weighted by atomic mass is 9.98. The molecule has 20 heavy (non-hydrogen) atoms. The highest BCUT2D eigenvalue weighted by Gasteiger charge is 2.39. The summed E-state index contributed by atoms with van der Waals surface area (Å²) in [4.78, 5) is 12.0. The third-order valence-corrected chi connectivity index (χ3v) is 3.53. The highest BCUT2D eigenvalue weighted by molar-refractivity contribution is 5.81. The van der Waals surface area contributed by atoms with Gasteiger partial charge in [-0.1, -0.05) is 0 Å². The molecule has 9 nitrogen and oxygen atoms in total. The van der Waals surface area contributed by atoms with E-state index in [2.05, 4.69) is 15.0 Å². The summed E-state index contributed by atoms with van der Waals surface area (Å²) in [5.74, 6) is 0.244. The van der Waals surface area contributed by atoms with Crippen molar-refractivity contribution in [1.29, 1.82) is 0 Å². The van der Waals surface area contributed by atoms with Crippen molar-refractivity contribution in [2.45, 2.75) is 24.4 Å². The molecule has 1 aliphatic rings. The number of fused-ring (bicyclic) bond motifs is 1. The molecule has 0 spiro atoms. The van der Waals surface area contributed by atoms with E-state index in [-0.39, 0.29) is 19.0 Å². The maximum Gasteiger partial charge on any atom is 0.165 e. The zero-order valence-electron chi connectivity index (χ0n) is 10.5. The molecule has 108 valence electrons. The Hall–Kier alpha value is -1.81. The van der Waals surface area contributed by atoms with E-state index in [1.165, 1.54) is 12.7 Å². The molecule has 9 heteroatoms. The Labute approximate surface area is 113 Å². The summed E-state index contributed by atoms with van der Waals surface area (Å²) in [6, 6.07) is -0.563. The largest absolute Gasteiger partial charge is 0.394 e. The minimum Gasteiger partial charge on any atom is -0.394 e. The van der Waals surface area contributed by atoms with E-state index in [1.54, 1.807) is 4.57 Å². The average Bonchev–Trinajstić information content (AvgIpc) is 2.87. The Morgan fingerprint density at radius 2 is 2.10 bits per heavy atom. The number of anilines is 1. The van der Waals surface area contributed by atoms with E-state index in [0.717, 1.165) is 0 Å². The van der Waals surface area contributed by atoms with Crippen molar-refractivity contribution in [3.63, 3.8) is 0 Å². The summed E-state index contributed by atoms with van der Waals surface area (Å²) in [6.45, 7) is -0.233. The molecular weight excluding hydrogens is 266 g/mol. The maximum atomic E-state index is 10.2. The summed E-state index contributed by atoms with van der Waals surface area (Å²) in [5.41, 5.74) is 6.59. The number of hydrogen-bond donors (Lipinski definition) is 4. The van der Waals surface area contributed by atoms with Crippen LogP contribution in [0.5, 0.6) is 0 Å². The number of nitrogen functional groups attached to an aromatic ring is 1. The van der Waals surface area contributed by atoms with Crippen molar-refractivity contribution in [2.75, 3.05) is 18.9 Å². The first-order valence-corrected chi connectivity index (χ1v) is 6.15. The second kappa shape index (κ2) is 4.94. The van der Waals surface area contributed by atoms with Gasteiger partial charge in [-0.05, 0) is 0 Å². The fourth-order valence-corrected chi connectivity index (χ4v) is 2.39. The van der Waals surface area contributed by atoms with Crippen LogP contribution >= 0.6 is 0 Å². The monoisotopic (exact) mass is 281 g/mol. The third kappa shape index (κ3) is 1.91. The Balaban J connectivity index is 1.97. The number of nitrogens with zero attached hydrogens (tertiary/aromatic N) is 4. The molecule has 2 aromatic heterocycles. The molecule has 1 fully saturated rings. The van der Waals surface area contributed by atoms with Gasteiger partial charge in [-0.3, -0.25) is 0 Å². The summed E-state index contributed by atoms with van der Waals surface area (Å²) >= 11 is 0. The summed E-state index contributed by atoms with van der Waals surface area (Å²) < 4.78 is 6.93. The molecule has 0 radical (unpaired) electrons. The normalized spacial score (nSPS) is 30.8. The lowest BCUT2D eigenvalue weighted by Crippen LogP contribution is -2.51. The molecule has 3 heterocycles. The minimum atomic E-state index is -1.18. The molecule has 0 saturated carbocycles. The SMILES string of the molecule is Nc1ncnc2c1ncn2[C@@H]1CO[C@H](CO)[C@@H](O)[C@@H]1O. The molecular formula is C11H15N5O4. The van der Waals surface area contributed by atoms with Gasteiger partial charge in [0.25, 0.3) is 0 Å². The number of aliphatic hydroxyl groups excluding tert-OH is 3. The van der Waals surface area contributed by atoms with E-state index in [1.807, 2.05) is 0 Å². The molecule has 1 aliphatic heterocycles. The predicted molar refractivity (Wildman–Crippen MR) is 67.6 cm³/mol. The Morgan fingerprint density at radius 3 is 2.85 bits per heavy atom. The van der Waals surface area contributed by atoms with E-state index in [9.17, 15) is 10.2 Å². The number of nitrogens with two attached hydrogens (primary N) is 1. The van der Waals surface area contributed by atoms with Crippen molar-refractivity contribution in [1.82, 2.24) is 19.5 Å². The van der Waals surface area contributed by atoms with Crippen LogP contribution in [-0.2, 0) is 4.74 Å². The standard InChI is InChI=1S/C11H15N5O4/c12-10-7-11(14-3-13-10)16(4-15-7)5-2-20-6(1-17)9(19)8(5)18/h3-6,8-9,17-19H,1-2H2,(H2,12,13,14)/t5-,6-,8-,9-/m1/s1. The first-order valence-electron chi connectivity index (χ1n) is 6.15. The fourth-order valence-electron chi connectivity index (χ4n) is 2.39. The molecule has 0 aromatic carbocycles. The lowest BCUT2D eigenvalue weighted by molar-refractivity contribution is -0.169. The number of aliphatic hydroxyl groups is 3. The summed E-state index contributed by atoms with van der Waals surface area (Å²) in [6.07, 6.45) is -0.307. The predicted octanol–water partition coefficient (Wildman–Crippen LogP) is -1.94. The topological polar surface area (TPSA) is 140 Å². The second-order valence-corrected chi connectivity index (χ2v) is 4.69. The number of imidazole rings is 1. The van der Waals surface area contributed by atoms with Gasteiger partial charge in [0.15, 0.2) is 11.5 Å². The molecule has 0 unspecified atom stereocenters. The number of hydrogen-bond acceptors (Lipinski definition) is 8. The third-order valence-electron chi connectivity index (χ3n) is 3.53. The van der Waals surface area contributed by atoms with Crippen molar-refractivity contribution < 1.29 is 20.1 Å². The van der Waals surface area contributed by atoms with Gasteiger partial charge in [0.1, 0.15) is 30.2 Å². The van der Waals surface area contributed by atoms with Crippen molar-refractivity contribution >= 4 is 17.0 Å². The molecule has 2 aromatic rings. The minimum absolute atomic E-state index is 0.124. The van der Waals surface area contributed by atoms with Crippen molar-refractivity contribution in [3.05, 3.63) is 12.7 Å². The van der Waals surface area contributed by atoms with Gasteiger partial charge in [0.2, 0.25) is 0 Å². The first-order chi connectivity index (χ1) is 9.63. The van der Waals surface area contributed by atoms with Crippen LogP contribution in [0.2, 0.25) is 0 Å². The van der Waals surface area contributed by atoms with Gasteiger partial charge in [0.05, 0.1) is 25.6 Å². The Kier molecular flexibility index (Phi) is 3.26. The van der Waals surface area contributed by atoms with Crippen molar-refractivity contribution in [3.8, 4) is 0 Å². The molecule has 3 rings (SSSR count). The Morgan fingerprint density at radius 1 is 1.30 bits per heavy atom. The zero-order valence-corrected chi connectivity index (χ0v) is 10.5. The maximum absolute atomic E-state index is 10.2. The van der Waals surface area contributed by atoms with Crippen LogP contribution in [0.25, 0.3) is 11.2 Å². The Bertz CT molecular complexity index is 618. The average molecular weight is 281 g/mol. The van der Waals surface area contributed by atoms with Crippen LogP contribution in [0.4, 0.5) is 5.82 Å². The van der Waals surface area contributed by atoms with Crippen LogP contribution in [0.15, 0.2) is 12.7 Å². The quantitative estimate of drug-likeness (QED) is 0.498. The van der Waals surface area contributed by atoms with E-state index in [0.29, 0.717) is 11.2 Å². The fraction of sp³-hybridized carbons (Fsp3) is 0.545. The van der Waals surface area contributed by atoms with Crippen LogP contribution in [0.3, 0.4) is 0 Å². The molecule has 5 N–H and O–H groups in total. The lowest BCUT2D eigenvalue weighted by Gasteiger charge is -2.37. The smallest absolute Gasteiger partial charge is 0.165 e. The van der Waals surface area contributed by atoms with Crippen LogP contribution in [-0.4, -0.2) is 66.4 Å². The number of rotatable bonds is 2. The molecule has 0 aliphatic carbocycles. The van der Waals surface area contributed by atoms with Crippen LogP contribution in [0, 0.1) is 0 Å². The first kappa shape index (κ1) is 13.2. The van der Waals surface area contributed by atoms with Gasteiger partial charge in [-0.25, -0.2) is 15.0 Å². The number of ether oxygens (including phenoxy) is 1. The van der Waals surface area contributed by atoms with E-state index >= 15 is 0 Å². The molecule has 4 atom stereocenters. The second-order valence-electron chi connectivity index (χ2n) is 4.69. The van der Waals surface area contributed by atoms with Gasteiger partial charge >= 0.3 is 0 Å². The molecule has 1 saturated heterocycles. The van der Waals surface area contributed by atoms with E-state index in [4.69, 9.17) is 15.6 Å². The summed E-state index contributed by atoms with van der Waals surface area (Å²) in [7, 11) is 0. The van der Waals surface area contributed by atoms with Crippen LogP contribution in [0.1, 0.15) is 6.04 Å². The molecule has 0 amide bonds. The summed E-state index contributed by atoms with van der Waals surface area (Å²) in [5, 5.41) is 29.1. The molecule has 0 bridgehead atoms. The number of aromatic nitrogens is 4.